The number of piperazine rings is 1. The molecule has 2 aromatic carbocycles. The van der Waals surface area contributed by atoms with Crippen LogP contribution in [0.25, 0.3) is 22.3 Å². The van der Waals surface area contributed by atoms with E-state index in [1.54, 1.807) is 7.11 Å². The van der Waals surface area contributed by atoms with Gasteiger partial charge in [-0.15, -0.1) is 0 Å². The molecule has 0 saturated carbocycles. The summed E-state index contributed by atoms with van der Waals surface area (Å²) in [5.74, 6) is 1.73. The van der Waals surface area contributed by atoms with E-state index in [1.165, 1.54) is 0 Å². The largest absolute Gasteiger partial charge is 0.497 e. The fraction of sp³-hybridized carbons (Fsp3) is 0.300. The van der Waals surface area contributed by atoms with Crippen LogP contribution in [0.4, 0.5) is 5.69 Å². The maximum absolute atomic E-state index is 6.25. The number of fused-ring (bicyclic) bond motifs is 1. The highest BCUT2D eigenvalue weighted by Crippen LogP contribution is 2.42. The zero-order valence-corrected chi connectivity index (χ0v) is 15.2. The first-order valence-electron chi connectivity index (χ1n) is 8.45. The van der Waals surface area contributed by atoms with Crippen LogP contribution in [0, 0.1) is 0 Å². The minimum absolute atomic E-state index is 0.725. The van der Waals surface area contributed by atoms with Crippen LogP contribution in [0.15, 0.2) is 46.9 Å². The number of furan rings is 1. The van der Waals surface area contributed by atoms with Gasteiger partial charge in [0, 0.05) is 42.2 Å². The zero-order valence-electron chi connectivity index (χ0n) is 14.5. The molecule has 0 amide bonds. The summed E-state index contributed by atoms with van der Waals surface area (Å²) in [5, 5.41) is 1.82. The normalized spacial score (nSPS) is 15.7. The Morgan fingerprint density at radius 3 is 2.40 bits per heavy atom. The van der Waals surface area contributed by atoms with Crippen molar-refractivity contribution < 1.29 is 9.15 Å². The summed E-state index contributed by atoms with van der Waals surface area (Å²) >= 11 is 6.06. The second kappa shape index (κ2) is 6.62. The lowest BCUT2D eigenvalue weighted by Gasteiger charge is -2.34. The van der Waals surface area contributed by atoms with Crippen LogP contribution in [-0.4, -0.2) is 45.2 Å². The number of halogens is 1. The van der Waals surface area contributed by atoms with Crippen LogP contribution in [0.3, 0.4) is 0 Å². The van der Waals surface area contributed by atoms with E-state index in [-0.39, 0.29) is 0 Å². The molecule has 3 aromatic rings. The van der Waals surface area contributed by atoms with E-state index in [2.05, 4.69) is 22.9 Å². The quantitative estimate of drug-likeness (QED) is 0.690. The van der Waals surface area contributed by atoms with Gasteiger partial charge in [0.25, 0.3) is 0 Å². The van der Waals surface area contributed by atoms with Gasteiger partial charge in [0.1, 0.15) is 11.3 Å². The SMILES string of the molecule is COc1ccc2oc(-c3ccc(Cl)cc3)c(N3CCN(C)CC3)c2c1. The lowest BCUT2D eigenvalue weighted by atomic mass is 10.1. The summed E-state index contributed by atoms with van der Waals surface area (Å²) < 4.78 is 11.7. The number of hydrogen-bond donors (Lipinski definition) is 0. The number of likely N-dealkylation sites (N-methyl/N-ethyl adjacent to an activating group) is 1. The van der Waals surface area contributed by atoms with Crippen molar-refractivity contribution in [1.82, 2.24) is 4.90 Å². The van der Waals surface area contributed by atoms with Gasteiger partial charge in [-0.2, -0.15) is 0 Å². The Morgan fingerprint density at radius 1 is 1.00 bits per heavy atom. The van der Waals surface area contributed by atoms with Gasteiger partial charge >= 0.3 is 0 Å². The third-order valence-corrected chi connectivity index (χ3v) is 5.05. The van der Waals surface area contributed by atoms with Crippen molar-refractivity contribution in [3.8, 4) is 17.1 Å². The van der Waals surface area contributed by atoms with Gasteiger partial charge < -0.3 is 19.0 Å². The summed E-state index contributed by atoms with van der Waals surface area (Å²) in [6, 6.07) is 13.8. The van der Waals surface area contributed by atoms with Gasteiger partial charge in [-0.05, 0) is 49.5 Å². The van der Waals surface area contributed by atoms with E-state index < -0.39 is 0 Å². The maximum Gasteiger partial charge on any atom is 0.158 e. The second-order valence-corrected chi connectivity index (χ2v) is 6.88. The van der Waals surface area contributed by atoms with Crippen molar-refractivity contribution in [2.75, 3.05) is 45.2 Å². The van der Waals surface area contributed by atoms with Crippen molar-refractivity contribution in [3.05, 3.63) is 47.5 Å². The first-order chi connectivity index (χ1) is 12.2. The Kier molecular flexibility index (Phi) is 4.32. The van der Waals surface area contributed by atoms with Crippen molar-refractivity contribution >= 4 is 28.3 Å². The summed E-state index contributed by atoms with van der Waals surface area (Å²) in [7, 11) is 3.85. The molecule has 25 heavy (non-hydrogen) atoms. The predicted octanol–water partition coefficient (Wildman–Crippen LogP) is 4.51. The molecule has 2 heterocycles. The maximum atomic E-state index is 6.25. The lowest BCUT2D eigenvalue weighted by molar-refractivity contribution is 0.313. The standard InChI is InChI=1S/C20H21ClN2O2/c1-22-9-11-23(12-10-22)19-17-13-16(24-2)7-8-18(17)25-20(19)14-3-5-15(21)6-4-14/h3-8,13H,9-12H2,1-2H3. The van der Waals surface area contributed by atoms with Crippen LogP contribution >= 0.6 is 11.6 Å². The van der Waals surface area contributed by atoms with Crippen LogP contribution in [0.1, 0.15) is 0 Å². The highest BCUT2D eigenvalue weighted by molar-refractivity contribution is 6.30. The van der Waals surface area contributed by atoms with Crippen molar-refractivity contribution in [2.24, 2.45) is 0 Å². The summed E-state index contributed by atoms with van der Waals surface area (Å²) in [6.07, 6.45) is 0. The number of nitrogens with zero attached hydrogens (tertiary/aromatic N) is 2. The molecule has 0 aliphatic carbocycles. The minimum Gasteiger partial charge on any atom is -0.497 e. The molecular weight excluding hydrogens is 336 g/mol. The number of methoxy groups -OCH3 is 1. The van der Waals surface area contributed by atoms with E-state index >= 15 is 0 Å². The Bertz CT molecular complexity index is 881. The third kappa shape index (κ3) is 3.08. The van der Waals surface area contributed by atoms with E-state index in [0.717, 1.165) is 64.9 Å². The molecule has 0 N–H and O–H groups in total. The topological polar surface area (TPSA) is 28.9 Å². The average Bonchev–Trinajstić information content (AvgIpc) is 3.01. The fourth-order valence-corrected chi connectivity index (χ4v) is 3.46. The van der Waals surface area contributed by atoms with E-state index in [0.29, 0.717) is 0 Å². The van der Waals surface area contributed by atoms with Crippen molar-refractivity contribution in [3.63, 3.8) is 0 Å². The molecule has 1 fully saturated rings. The summed E-state index contributed by atoms with van der Waals surface area (Å²) in [5.41, 5.74) is 3.05. The number of rotatable bonds is 3. The van der Waals surface area contributed by atoms with Gasteiger partial charge in [0.2, 0.25) is 0 Å². The van der Waals surface area contributed by atoms with E-state index in [9.17, 15) is 0 Å². The highest BCUT2D eigenvalue weighted by Gasteiger charge is 2.24. The van der Waals surface area contributed by atoms with Crippen LogP contribution in [0.2, 0.25) is 5.02 Å². The molecule has 0 atom stereocenters. The minimum atomic E-state index is 0.725. The molecule has 0 bridgehead atoms. The summed E-state index contributed by atoms with van der Waals surface area (Å²) in [4.78, 5) is 4.76. The van der Waals surface area contributed by atoms with E-state index in [1.807, 2.05) is 36.4 Å². The van der Waals surface area contributed by atoms with Crippen molar-refractivity contribution in [2.45, 2.75) is 0 Å². The predicted molar refractivity (Wildman–Crippen MR) is 103 cm³/mol. The smallest absolute Gasteiger partial charge is 0.158 e. The molecule has 5 heteroatoms. The molecule has 4 nitrogen and oxygen atoms in total. The molecule has 4 rings (SSSR count). The lowest BCUT2D eigenvalue weighted by Crippen LogP contribution is -2.44. The molecule has 0 unspecified atom stereocenters. The van der Waals surface area contributed by atoms with Gasteiger partial charge in [-0.3, -0.25) is 0 Å². The number of ether oxygens (including phenoxy) is 1. The van der Waals surface area contributed by atoms with Gasteiger partial charge in [-0.25, -0.2) is 0 Å². The monoisotopic (exact) mass is 356 g/mol. The van der Waals surface area contributed by atoms with Crippen LogP contribution in [0.5, 0.6) is 5.75 Å². The third-order valence-electron chi connectivity index (χ3n) is 4.79. The highest BCUT2D eigenvalue weighted by atomic mass is 35.5. The van der Waals surface area contributed by atoms with Crippen LogP contribution < -0.4 is 9.64 Å². The van der Waals surface area contributed by atoms with Gasteiger partial charge in [-0.1, -0.05) is 11.6 Å². The molecule has 1 aliphatic heterocycles. The Morgan fingerprint density at radius 2 is 1.72 bits per heavy atom. The molecule has 0 spiro atoms. The van der Waals surface area contributed by atoms with Crippen molar-refractivity contribution in [1.29, 1.82) is 0 Å². The van der Waals surface area contributed by atoms with Gasteiger partial charge in [0.05, 0.1) is 12.8 Å². The van der Waals surface area contributed by atoms with E-state index in [4.69, 9.17) is 20.8 Å². The van der Waals surface area contributed by atoms with Crippen LogP contribution in [-0.2, 0) is 0 Å². The number of anilines is 1. The molecule has 1 saturated heterocycles. The first-order valence-corrected chi connectivity index (χ1v) is 8.83. The fourth-order valence-electron chi connectivity index (χ4n) is 3.33. The molecule has 1 aromatic heterocycles. The Labute approximate surface area is 152 Å². The molecule has 130 valence electrons. The second-order valence-electron chi connectivity index (χ2n) is 6.44. The zero-order chi connectivity index (χ0) is 17.4. The Balaban J connectivity index is 1.88. The number of benzene rings is 2. The number of hydrogen-bond acceptors (Lipinski definition) is 4. The Hall–Kier alpha value is -2.17. The molecular formula is C20H21ClN2O2. The summed E-state index contributed by atoms with van der Waals surface area (Å²) in [6.45, 7) is 4.03. The van der Waals surface area contributed by atoms with Gasteiger partial charge in [0.15, 0.2) is 5.76 Å². The first kappa shape index (κ1) is 16.3. The average molecular weight is 357 g/mol. The molecule has 1 aliphatic rings. The molecule has 0 radical (unpaired) electrons.